The third-order valence-electron chi connectivity index (χ3n) is 4.74. The summed E-state index contributed by atoms with van der Waals surface area (Å²) in [5, 5.41) is 2.79. The Balaban J connectivity index is 1.55. The third kappa shape index (κ3) is 3.58. The van der Waals surface area contributed by atoms with Crippen molar-refractivity contribution in [1.29, 1.82) is 0 Å². The summed E-state index contributed by atoms with van der Waals surface area (Å²) in [6, 6.07) is 23.0. The Morgan fingerprint density at radius 2 is 1.45 bits per heavy atom. The lowest BCUT2D eigenvalue weighted by atomic mass is 10.1. The summed E-state index contributed by atoms with van der Waals surface area (Å²) in [6.45, 7) is 1.87. The van der Waals surface area contributed by atoms with Crippen LogP contribution in [-0.2, 0) is 4.79 Å². The van der Waals surface area contributed by atoms with Gasteiger partial charge in [0.05, 0.1) is 16.8 Å². The lowest BCUT2D eigenvalue weighted by Gasteiger charge is -2.15. The molecule has 0 radical (unpaired) electrons. The second-order valence-corrected chi connectivity index (χ2v) is 6.72. The van der Waals surface area contributed by atoms with Gasteiger partial charge in [-0.2, -0.15) is 0 Å². The van der Waals surface area contributed by atoms with E-state index in [9.17, 15) is 14.4 Å². The van der Waals surface area contributed by atoms with Gasteiger partial charge in [0.25, 0.3) is 11.8 Å². The van der Waals surface area contributed by atoms with Crippen molar-refractivity contribution < 1.29 is 14.4 Å². The zero-order valence-corrected chi connectivity index (χ0v) is 15.8. The number of benzene rings is 3. The molecular weight excluding hydrogens is 364 g/mol. The van der Waals surface area contributed by atoms with Gasteiger partial charge in [-0.3, -0.25) is 14.4 Å². The van der Waals surface area contributed by atoms with Crippen molar-refractivity contribution >= 4 is 34.7 Å². The van der Waals surface area contributed by atoms with Crippen LogP contribution < -0.4 is 10.2 Å². The number of hydrogen-bond donors (Lipinski definition) is 1. The van der Waals surface area contributed by atoms with Crippen LogP contribution in [0.1, 0.15) is 33.2 Å². The largest absolute Gasteiger partial charge is 0.322 e. The molecule has 4 rings (SSSR count). The molecule has 0 bridgehead atoms. The highest BCUT2D eigenvalue weighted by Crippen LogP contribution is 2.29. The number of carbonyl (C=O) groups is 3. The first-order valence-corrected chi connectivity index (χ1v) is 9.17. The summed E-state index contributed by atoms with van der Waals surface area (Å²) in [5.41, 5.74) is 3.47. The van der Waals surface area contributed by atoms with Crippen LogP contribution in [0.2, 0.25) is 0 Å². The molecule has 0 atom stereocenters. The molecule has 5 nitrogen and oxygen atoms in total. The summed E-state index contributed by atoms with van der Waals surface area (Å²) in [5.74, 6) is -1.02. The molecule has 1 heterocycles. The lowest BCUT2D eigenvalue weighted by Crippen LogP contribution is -2.29. The maximum absolute atomic E-state index is 12.7. The van der Waals surface area contributed by atoms with Crippen molar-refractivity contribution in [1.82, 2.24) is 0 Å². The number of imide groups is 1. The Morgan fingerprint density at radius 3 is 2.10 bits per heavy atom. The topological polar surface area (TPSA) is 66.5 Å². The maximum Gasteiger partial charge on any atom is 0.266 e. The molecule has 0 unspecified atom stereocenters. The second kappa shape index (κ2) is 7.56. The number of nitrogens with zero attached hydrogens (tertiary/aromatic N) is 1. The molecule has 0 aliphatic carbocycles. The first-order valence-electron chi connectivity index (χ1n) is 9.17. The van der Waals surface area contributed by atoms with Gasteiger partial charge in [0.15, 0.2) is 0 Å². The zero-order chi connectivity index (χ0) is 20.4. The first-order chi connectivity index (χ1) is 14.0. The molecule has 5 heteroatoms. The Hall–Kier alpha value is -3.99. The smallest absolute Gasteiger partial charge is 0.266 e. The van der Waals surface area contributed by atoms with Crippen molar-refractivity contribution in [2.45, 2.75) is 6.92 Å². The minimum atomic E-state index is -0.367. The van der Waals surface area contributed by atoms with Gasteiger partial charge in [-0.1, -0.05) is 48.5 Å². The summed E-state index contributed by atoms with van der Waals surface area (Å²) < 4.78 is 0. The minimum Gasteiger partial charge on any atom is -0.322 e. The van der Waals surface area contributed by atoms with E-state index >= 15 is 0 Å². The van der Waals surface area contributed by atoms with E-state index < -0.39 is 0 Å². The van der Waals surface area contributed by atoms with Crippen molar-refractivity contribution in [2.24, 2.45) is 0 Å². The lowest BCUT2D eigenvalue weighted by molar-refractivity contribution is -0.111. The van der Waals surface area contributed by atoms with Crippen molar-refractivity contribution in [2.75, 3.05) is 10.2 Å². The Kier molecular flexibility index (Phi) is 4.79. The summed E-state index contributed by atoms with van der Waals surface area (Å²) >= 11 is 0. The summed E-state index contributed by atoms with van der Waals surface area (Å²) in [4.78, 5) is 38.8. The van der Waals surface area contributed by atoms with Gasteiger partial charge in [0.2, 0.25) is 5.91 Å². The monoisotopic (exact) mass is 382 g/mol. The highest BCUT2D eigenvalue weighted by Gasteiger charge is 2.36. The van der Waals surface area contributed by atoms with Crippen molar-refractivity contribution in [3.8, 4) is 0 Å². The van der Waals surface area contributed by atoms with Crippen LogP contribution in [0.25, 0.3) is 5.57 Å². The number of anilines is 2. The average molecular weight is 382 g/mol. The SMILES string of the molecule is C/C(=C/C(=O)Nc1cccc(N2C(=O)c3ccccc3C2=O)c1)c1ccccc1. The van der Waals surface area contributed by atoms with Gasteiger partial charge < -0.3 is 5.32 Å². The van der Waals surface area contributed by atoms with E-state index in [0.717, 1.165) is 16.0 Å². The zero-order valence-electron chi connectivity index (χ0n) is 15.8. The molecule has 142 valence electrons. The third-order valence-corrected chi connectivity index (χ3v) is 4.74. The highest BCUT2D eigenvalue weighted by atomic mass is 16.2. The van der Waals surface area contributed by atoms with Gasteiger partial charge in [-0.15, -0.1) is 0 Å². The van der Waals surface area contributed by atoms with Crippen LogP contribution in [0.15, 0.2) is 84.9 Å². The number of nitrogens with one attached hydrogen (secondary N) is 1. The number of amides is 3. The van der Waals surface area contributed by atoms with Crippen LogP contribution in [0.3, 0.4) is 0 Å². The Bertz CT molecular complexity index is 1110. The van der Waals surface area contributed by atoms with Crippen LogP contribution in [0.5, 0.6) is 0 Å². The molecule has 29 heavy (non-hydrogen) atoms. The average Bonchev–Trinajstić information content (AvgIpc) is 2.99. The molecule has 0 spiro atoms. The highest BCUT2D eigenvalue weighted by molar-refractivity contribution is 6.34. The Morgan fingerprint density at radius 1 is 0.828 bits per heavy atom. The van der Waals surface area contributed by atoms with E-state index in [2.05, 4.69) is 5.32 Å². The van der Waals surface area contributed by atoms with Gasteiger partial charge in [0, 0.05) is 11.8 Å². The quantitative estimate of drug-likeness (QED) is 0.533. The second-order valence-electron chi connectivity index (χ2n) is 6.72. The normalized spacial score (nSPS) is 13.4. The minimum absolute atomic E-state index is 0.286. The number of rotatable bonds is 4. The molecule has 1 N–H and O–H groups in total. The van der Waals surface area contributed by atoms with Crippen molar-refractivity contribution in [3.05, 3.63) is 102 Å². The van der Waals surface area contributed by atoms with Crippen LogP contribution >= 0.6 is 0 Å². The predicted molar refractivity (Wildman–Crippen MR) is 113 cm³/mol. The van der Waals surface area contributed by atoms with Gasteiger partial charge >= 0.3 is 0 Å². The number of fused-ring (bicyclic) bond motifs is 1. The molecule has 0 saturated carbocycles. The fourth-order valence-electron chi connectivity index (χ4n) is 3.31. The summed E-state index contributed by atoms with van der Waals surface area (Å²) in [7, 11) is 0. The fraction of sp³-hybridized carbons (Fsp3) is 0.0417. The van der Waals surface area contributed by atoms with Crippen LogP contribution in [0.4, 0.5) is 11.4 Å². The molecule has 1 aliphatic rings. The maximum atomic E-state index is 12.7. The number of carbonyl (C=O) groups excluding carboxylic acids is 3. The van der Waals surface area contributed by atoms with E-state index in [1.165, 1.54) is 6.08 Å². The molecular formula is C24H18N2O3. The van der Waals surface area contributed by atoms with E-state index in [0.29, 0.717) is 22.5 Å². The molecule has 0 saturated heterocycles. The molecule has 0 aromatic heterocycles. The first kappa shape index (κ1) is 18.4. The van der Waals surface area contributed by atoms with Crippen LogP contribution in [0, 0.1) is 0 Å². The fourth-order valence-corrected chi connectivity index (χ4v) is 3.31. The number of hydrogen-bond acceptors (Lipinski definition) is 3. The van der Waals surface area contributed by atoms with Gasteiger partial charge in [-0.25, -0.2) is 4.90 Å². The molecule has 0 fully saturated rings. The summed E-state index contributed by atoms with van der Waals surface area (Å²) in [6.07, 6.45) is 1.52. The predicted octanol–water partition coefficient (Wildman–Crippen LogP) is 4.53. The Labute approximate surface area is 168 Å². The van der Waals surface area contributed by atoms with Crippen molar-refractivity contribution in [3.63, 3.8) is 0 Å². The van der Waals surface area contributed by atoms with E-state index in [4.69, 9.17) is 0 Å². The van der Waals surface area contributed by atoms with E-state index in [-0.39, 0.29) is 17.7 Å². The molecule has 3 aromatic rings. The number of allylic oxidation sites excluding steroid dienone is 1. The van der Waals surface area contributed by atoms with Gasteiger partial charge in [-0.05, 0) is 48.4 Å². The molecule has 3 aromatic carbocycles. The van der Waals surface area contributed by atoms with Crippen LogP contribution in [-0.4, -0.2) is 17.7 Å². The van der Waals surface area contributed by atoms with Gasteiger partial charge in [0.1, 0.15) is 0 Å². The standard InChI is InChI=1S/C24H18N2O3/c1-16(17-8-3-2-4-9-17)14-22(27)25-18-10-7-11-19(15-18)26-23(28)20-12-5-6-13-21(20)24(26)29/h2-15H,1H3,(H,25,27)/b16-14-. The molecule has 1 aliphatic heterocycles. The van der Waals surface area contributed by atoms with E-state index in [1.54, 1.807) is 48.5 Å². The molecule has 3 amide bonds. The van der Waals surface area contributed by atoms with E-state index in [1.807, 2.05) is 37.3 Å².